The van der Waals surface area contributed by atoms with E-state index in [1.165, 1.54) is 0 Å². The number of hydrogen-bond acceptors (Lipinski definition) is 4. The van der Waals surface area contributed by atoms with Crippen LogP contribution >= 0.6 is 0 Å². The Hall–Kier alpha value is -0.160. The SMILES string of the molecule is CCN(CC)CC(O)CNCCCOC. The van der Waals surface area contributed by atoms with Gasteiger partial charge in [0.1, 0.15) is 0 Å². The smallest absolute Gasteiger partial charge is 0.0791 e. The maximum Gasteiger partial charge on any atom is 0.0791 e. The van der Waals surface area contributed by atoms with Gasteiger partial charge in [-0.15, -0.1) is 0 Å². The predicted molar refractivity (Wildman–Crippen MR) is 63.2 cm³/mol. The number of rotatable bonds is 10. The largest absolute Gasteiger partial charge is 0.390 e. The van der Waals surface area contributed by atoms with Gasteiger partial charge in [0, 0.05) is 26.8 Å². The van der Waals surface area contributed by atoms with Gasteiger partial charge in [-0.05, 0) is 26.1 Å². The first kappa shape index (κ1) is 14.8. The minimum Gasteiger partial charge on any atom is -0.390 e. The number of ether oxygens (including phenoxy) is 1. The van der Waals surface area contributed by atoms with E-state index in [0.29, 0.717) is 6.54 Å². The second-order valence-electron chi connectivity index (χ2n) is 3.69. The third kappa shape index (κ3) is 8.81. The average molecular weight is 218 g/mol. The molecule has 4 nitrogen and oxygen atoms in total. The fourth-order valence-electron chi connectivity index (χ4n) is 1.45. The van der Waals surface area contributed by atoms with Crippen LogP contribution in [-0.4, -0.2) is 62.6 Å². The standard InChI is InChI=1S/C11H26N2O2/c1-4-13(5-2)10-11(14)9-12-7-6-8-15-3/h11-12,14H,4-10H2,1-3H3. The van der Waals surface area contributed by atoms with Crippen molar-refractivity contribution in [2.24, 2.45) is 0 Å². The summed E-state index contributed by atoms with van der Waals surface area (Å²) in [7, 11) is 1.70. The molecule has 0 saturated heterocycles. The third-order valence-electron chi connectivity index (χ3n) is 2.45. The zero-order valence-corrected chi connectivity index (χ0v) is 10.3. The van der Waals surface area contributed by atoms with Gasteiger partial charge in [0.15, 0.2) is 0 Å². The predicted octanol–water partition coefficient (Wildman–Crippen LogP) is 0.315. The van der Waals surface area contributed by atoms with E-state index in [0.717, 1.165) is 39.2 Å². The van der Waals surface area contributed by atoms with Crippen LogP contribution < -0.4 is 5.32 Å². The molecule has 0 aliphatic carbocycles. The molecule has 0 aromatic rings. The number of nitrogens with one attached hydrogen (secondary N) is 1. The second-order valence-corrected chi connectivity index (χ2v) is 3.69. The van der Waals surface area contributed by atoms with Crippen molar-refractivity contribution in [3.05, 3.63) is 0 Å². The maximum atomic E-state index is 9.70. The zero-order chi connectivity index (χ0) is 11.5. The molecule has 0 aliphatic rings. The van der Waals surface area contributed by atoms with E-state index < -0.39 is 0 Å². The molecule has 0 amide bonds. The minimum absolute atomic E-state index is 0.271. The Morgan fingerprint density at radius 1 is 1.33 bits per heavy atom. The molecule has 0 aromatic heterocycles. The molecule has 0 bridgehead atoms. The molecule has 1 unspecified atom stereocenters. The van der Waals surface area contributed by atoms with Crippen molar-refractivity contribution in [3.8, 4) is 0 Å². The normalized spacial score (nSPS) is 13.4. The summed E-state index contributed by atoms with van der Waals surface area (Å²) in [5, 5.41) is 12.9. The van der Waals surface area contributed by atoms with Crippen LogP contribution in [0.2, 0.25) is 0 Å². The van der Waals surface area contributed by atoms with Gasteiger partial charge in [-0.3, -0.25) is 0 Å². The van der Waals surface area contributed by atoms with Gasteiger partial charge in [-0.2, -0.15) is 0 Å². The van der Waals surface area contributed by atoms with Gasteiger partial charge < -0.3 is 20.1 Å². The Morgan fingerprint density at radius 3 is 2.53 bits per heavy atom. The van der Waals surface area contributed by atoms with E-state index in [1.54, 1.807) is 7.11 Å². The number of nitrogens with zero attached hydrogens (tertiary/aromatic N) is 1. The summed E-state index contributed by atoms with van der Waals surface area (Å²) in [6.07, 6.45) is 0.724. The summed E-state index contributed by atoms with van der Waals surface area (Å²) in [4.78, 5) is 2.22. The number of aliphatic hydroxyl groups excluding tert-OH is 1. The van der Waals surface area contributed by atoms with Crippen LogP contribution in [0.25, 0.3) is 0 Å². The maximum absolute atomic E-state index is 9.70. The highest BCUT2D eigenvalue weighted by Gasteiger charge is 2.07. The molecule has 1 atom stereocenters. The van der Waals surface area contributed by atoms with E-state index in [1.807, 2.05) is 0 Å². The molecule has 0 spiro atoms. The Balaban J connectivity index is 3.35. The van der Waals surface area contributed by atoms with E-state index in [-0.39, 0.29) is 6.10 Å². The van der Waals surface area contributed by atoms with Crippen LogP contribution in [0.1, 0.15) is 20.3 Å². The highest BCUT2D eigenvalue weighted by atomic mass is 16.5. The van der Waals surface area contributed by atoms with Gasteiger partial charge in [0.05, 0.1) is 6.10 Å². The molecule has 0 aromatic carbocycles. The molecular weight excluding hydrogens is 192 g/mol. The number of hydrogen-bond donors (Lipinski definition) is 2. The summed E-state index contributed by atoms with van der Waals surface area (Å²) in [6.45, 7) is 9.33. The van der Waals surface area contributed by atoms with Gasteiger partial charge >= 0.3 is 0 Å². The summed E-state index contributed by atoms with van der Waals surface area (Å²) < 4.78 is 4.94. The first-order chi connectivity index (χ1) is 7.24. The summed E-state index contributed by atoms with van der Waals surface area (Å²) in [6, 6.07) is 0. The van der Waals surface area contributed by atoms with Gasteiger partial charge in [0.2, 0.25) is 0 Å². The van der Waals surface area contributed by atoms with Crippen molar-refractivity contribution in [2.45, 2.75) is 26.4 Å². The molecule has 4 heteroatoms. The first-order valence-electron chi connectivity index (χ1n) is 5.84. The molecular formula is C11H26N2O2. The summed E-state index contributed by atoms with van der Waals surface area (Å²) >= 11 is 0. The van der Waals surface area contributed by atoms with E-state index >= 15 is 0 Å². The monoisotopic (exact) mass is 218 g/mol. The van der Waals surface area contributed by atoms with Crippen LogP contribution in [0.3, 0.4) is 0 Å². The van der Waals surface area contributed by atoms with E-state index in [4.69, 9.17) is 4.74 Å². The van der Waals surface area contributed by atoms with E-state index in [2.05, 4.69) is 24.1 Å². The van der Waals surface area contributed by atoms with Gasteiger partial charge in [0.25, 0.3) is 0 Å². The molecule has 0 saturated carbocycles. The Labute approximate surface area is 93.6 Å². The van der Waals surface area contributed by atoms with Crippen LogP contribution in [0, 0.1) is 0 Å². The molecule has 15 heavy (non-hydrogen) atoms. The second kappa shape index (κ2) is 10.4. The van der Waals surface area contributed by atoms with Crippen molar-refractivity contribution in [1.29, 1.82) is 0 Å². The highest BCUT2D eigenvalue weighted by Crippen LogP contribution is 1.91. The number of likely N-dealkylation sites (N-methyl/N-ethyl adjacent to an activating group) is 1. The molecule has 0 rings (SSSR count). The number of aliphatic hydroxyl groups is 1. The Morgan fingerprint density at radius 2 is 2.00 bits per heavy atom. The lowest BCUT2D eigenvalue weighted by Crippen LogP contribution is -2.38. The number of methoxy groups -OCH3 is 1. The third-order valence-corrected chi connectivity index (χ3v) is 2.45. The van der Waals surface area contributed by atoms with Crippen molar-refractivity contribution in [3.63, 3.8) is 0 Å². The summed E-state index contributed by atoms with van der Waals surface area (Å²) in [5.41, 5.74) is 0. The Bertz CT molecular complexity index is 130. The van der Waals surface area contributed by atoms with Crippen LogP contribution in [-0.2, 0) is 4.74 Å². The lowest BCUT2D eigenvalue weighted by molar-refractivity contribution is 0.115. The average Bonchev–Trinajstić information content (AvgIpc) is 2.25. The van der Waals surface area contributed by atoms with Crippen LogP contribution in [0.5, 0.6) is 0 Å². The highest BCUT2D eigenvalue weighted by molar-refractivity contribution is 4.64. The van der Waals surface area contributed by atoms with Gasteiger partial charge in [-0.25, -0.2) is 0 Å². The van der Waals surface area contributed by atoms with E-state index in [9.17, 15) is 5.11 Å². The topological polar surface area (TPSA) is 44.7 Å². The fourth-order valence-corrected chi connectivity index (χ4v) is 1.45. The molecule has 92 valence electrons. The van der Waals surface area contributed by atoms with Crippen molar-refractivity contribution < 1.29 is 9.84 Å². The van der Waals surface area contributed by atoms with Crippen molar-refractivity contribution in [2.75, 3.05) is 46.4 Å². The van der Waals surface area contributed by atoms with Gasteiger partial charge in [-0.1, -0.05) is 13.8 Å². The van der Waals surface area contributed by atoms with Crippen molar-refractivity contribution in [1.82, 2.24) is 10.2 Å². The Kier molecular flexibility index (Phi) is 10.3. The lowest BCUT2D eigenvalue weighted by atomic mass is 10.3. The van der Waals surface area contributed by atoms with Crippen LogP contribution in [0.4, 0.5) is 0 Å². The zero-order valence-electron chi connectivity index (χ0n) is 10.3. The van der Waals surface area contributed by atoms with Crippen molar-refractivity contribution >= 4 is 0 Å². The quantitative estimate of drug-likeness (QED) is 0.518. The minimum atomic E-state index is -0.271. The summed E-state index contributed by atoms with van der Waals surface area (Å²) in [5.74, 6) is 0. The fraction of sp³-hybridized carbons (Fsp3) is 1.00. The lowest BCUT2D eigenvalue weighted by Gasteiger charge is -2.22. The first-order valence-corrected chi connectivity index (χ1v) is 5.84. The molecule has 0 heterocycles. The molecule has 0 aliphatic heterocycles. The molecule has 0 fully saturated rings. The van der Waals surface area contributed by atoms with Crippen LogP contribution in [0.15, 0.2) is 0 Å². The molecule has 0 radical (unpaired) electrons. The molecule has 2 N–H and O–H groups in total.